The highest BCUT2D eigenvalue weighted by molar-refractivity contribution is 5.38. The van der Waals surface area contributed by atoms with Gasteiger partial charge >= 0.3 is 0 Å². The van der Waals surface area contributed by atoms with Crippen LogP contribution in [0.5, 0.6) is 5.88 Å². The average Bonchev–Trinajstić information content (AvgIpc) is 2.42. The van der Waals surface area contributed by atoms with Gasteiger partial charge in [0.1, 0.15) is 11.6 Å². The smallest absolute Gasteiger partial charge is 0.218 e. The van der Waals surface area contributed by atoms with Crippen LogP contribution in [-0.4, -0.2) is 48.2 Å². The van der Waals surface area contributed by atoms with Crippen molar-refractivity contribution in [2.45, 2.75) is 34.1 Å². The number of likely N-dealkylation sites (N-methyl/N-ethyl adjacent to an activating group) is 1. The molecule has 1 rings (SSSR count). The first-order chi connectivity index (χ1) is 9.58. The van der Waals surface area contributed by atoms with E-state index in [9.17, 15) is 0 Å². The largest absolute Gasteiger partial charge is 0.481 e. The van der Waals surface area contributed by atoms with Gasteiger partial charge in [0.05, 0.1) is 7.11 Å². The minimum atomic E-state index is 0.533. The molecular weight excluding hydrogens is 252 g/mol. The molecule has 5 nitrogen and oxygen atoms in total. The van der Waals surface area contributed by atoms with E-state index in [1.807, 2.05) is 6.07 Å². The van der Waals surface area contributed by atoms with Crippen molar-refractivity contribution in [1.29, 1.82) is 0 Å². The quantitative estimate of drug-likeness (QED) is 0.753. The van der Waals surface area contributed by atoms with Gasteiger partial charge < -0.3 is 15.0 Å². The summed E-state index contributed by atoms with van der Waals surface area (Å²) in [4.78, 5) is 11.3. The zero-order chi connectivity index (χ0) is 15.0. The zero-order valence-electron chi connectivity index (χ0n) is 13.4. The van der Waals surface area contributed by atoms with Crippen LogP contribution in [-0.2, 0) is 6.42 Å². The van der Waals surface area contributed by atoms with E-state index in [1.165, 1.54) is 0 Å². The number of anilines is 1. The van der Waals surface area contributed by atoms with Gasteiger partial charge in [-0.25, -0.2) is 4.98 Å². The molecule has 0 saturated carbocycles. The van der Waals surface area contributed by atoms with E-state index in [0.717, 1.165) is 44.2 Å². The second-order valence-electron chi connectivity index (χ2n) is 5.26. The Labute approximate surface area is 122 Å². The fourth-order valence-electron chi connectivity index (χ4n) is 2.01. The highest BCUT2D eigenvalue weighted by Gasteiger charge is 2.07. The first-order valence-electron chi connectivity index (χ1n) is 7.47. The molecule has 1 N–H and O–H groups in total. The molecule has 0 aliphatic rings. The molecule has 0 atom stereocenters. The summed E-state index contributed by atoms with van der Waals surface area (Å²) in [7, 11) is 1.64. The van der Waals surface area contributed by atoms with E-state index in [1.54, 1.807) is 7.11 Å². The third kappa shape index (κ3) is 5.74. The van der Waals surface area contributed by atoms with E-state index in [4.69, 9.17) is 4.74 Å². The molecule has 20 heavy (non-hydrogen) atoms. The molecule has 0 radical (unpaired) electrons. The molecular formula is C15H28N4O. The number of methoxy groups -OCH3 is 1. The van der Waals surface area contributed by atoms with Gasteiger partial charge in [0.25, 0.3) is 0 Å². The van der Waals surface area contributed by atoms with Crippen molar-refractivity contribution >= 4 is 5.82 Å². The zero-order valence-corrected chi connectivity index (χ0v) is 13.4. The molecule has 0 aliphatic heterocycles. The second kappa shape index (κ2) is 8.74. The summed E-state index contributed by atoms with van der Waals surface area (Å²) in [6, 6.07) is 1.85. The van der Waals surface area contributed by atoms with Gasteiger partial charge in [-0.05, 0) is 19.0 Å². The molecule has 0 fully saturated rings. The lowest BCUT2D eigenvalue weighted by molar-refractivity contribution is 0.316. The van der Waals surface area contributed by atoms with Crippen LogP contribution >= 0.6 is 0 Å². The number of hydrogen-bond acceptors (Lipinski definition) is 5. The summed E-state index contributed by atoms with van der Waals surface area (Å²) in [5.41, 5.74) is 0. The lowest BCUT2D eigenvalue weighted by Gasteiger charge is -2.18. The lowest BCUT2D eigenvalue weighted by atomic mass is 10.1. The maximum absolute atomic E-state index is 5.25. The highest BCUT2D eigenvalue weighted by atomic mass is 16.5. The molecule has 1 heterocycles. The van der Waals surface area contributed by atoms with E-state index in [0.29, 0.717) is 11.8 Å². The molecule has 0 bridgehead atoms. The van der Waals surface area contributed by atoms with E-state index in [2.05, 4.69) is 47.9 Å². The number of hydrogen-bond donors (Lipinski definition) is 1. The topological polar surface area (TPSA) is 50.3 Å². The van der Waals surface area contributed by atoms with Crippen LogP contribution in [0.15, 0.2) is 6.07 Å². The maximum atomic E-state index is 5.25. The van der Waals surface area contributed by atoms with Crippen molar-refractivity contribution in [2.24, 2.45) is 5.92 Å². The molecule has 0 aliphatic carbocycles. The Morgan fingerprint density at radius 3 is 2.50 bits per heavy atom. The molecule has 0 unspecified atom stereocenters. The van der Waals surface area contributed by atoms with Crippen LogP contribution in [0.4, 0.5) is 5.82 Å². The van der Waals surface area contributed by atoms with Gasteiger partial charge in [0, 0.05) is 25.6 Å². The Morgan fingerprint density at radius 2 is 1.95 bits per heavy atom. The van der Waals surface area contributed by atoms with Gasteiger partial charge in [-0.2, -0.15) is 4.98 Å². The summed E-state index contributed by atoms with van der Waals surface area (Å²) >= 11 is 0. The fourth-order valence-corrected chi connectivity index (χ4v) is 2.01. The van der Waals surface area contributed by atoms with E-state index in [-0.39, 0.29) is 0 Å². The summed E-state index contributed by atoms with van der Waals surface area (Å²) in [5.74, 6) is 2.84. The monoisotopic (exact) mass is 280 g/mol. The summed E-state index contributed by atoms with van der Waals surface area (Å²) in [6.07, 6.45) is 0.863. The van der Waals surface area contributed by atoms with Crippen LogP contribution in [0, 0.1) is 5.92 Å². The minimum Gasteiger partial charge on any atom is -0.481 e. The van der Waals surface area contributed by atoms with Crippen LogP contribution in [0.3, 0.4) is 0 Å². The summed E-state index contributed by atoms with van der Waals surface area (Å²) in [6.45, 7) is 12.7. The summed E-state index contributed by atoms with van der Waals surface area (Å²) in [5, 5.41) is 3.36. The third-order valence-electron chi connectivity index (χ3n) is 3.18. The molecule has 0 aromatic carbocycles. The maximum Gasteiger partial charge on any atom is 0.218 e. The second-order valence-corrected chi connectivity index (χ2v) is 5.26. The van der Waals surface area contributed by atoms with Gasteiger partial charge in [0.15, 0.2) is 0 Å². The van der Waals surface area contributed by atoms with Crippen LogP contribution in [0.2, 0.25) is 0 Å². The Balaban J connectivity index is 2.64. The van der Waals surface area contributed by atoms with E-state index >= 15 is 0 Å². The number of aromatic nitrogens is 2. The van der Waals surface area contributed by atoms with Crippen LogP contribution in [0.25, 0.3) is 0 Å². The highest BCUT2D eigenvalue weighted by Crippen LogP contribution is 2.15. The number of rotatable bonds is 9. The third-order valence-corrected chi connectivity index (χ3v) is 3.18. The van der Waals surface area contributed by atoms with Gasteiger partial charge in [0.2, 0.25) is 5.88 Å². The lowest BCUT2D eigenvalue weighted by Crippen LogP contribution is -2.28. The van der Waals surface area contributed by atoms with Crippen molar-refractivity contribution in [2.75, 3.05) is 38.6 Å². The van der Waals surface area contributed by atoms with Gasteiger partial charge in [-0.15, -0.1) is 0 Å². The fraction of sp³-hybridized carbons (Fsp3) is 0.733. The van der Waals surface area contributed by atoms with Crippen molar-refractivity contribution in [1.82, 2.24) is 14.9 Å². The van der Waals surface area contributed by atoms with Crippen molar-refractivity contribution in [3.8, 4) is 5.88 Å². The Bertz CT molecular complexity index is 391. The summed E-state index contributed by atoms with van der Waals surface area (Å²) < 4.78 is 5.25. The SMILES string of the molecule is CCN(CC)CCNc1cc(OC)nc(CC(C)C)n1. The predicted octanol–water partition coefficient (Wildman–Crippen LogP) is 2.44. The molecule has 0 spiro atoms. The molecule has 114 valence electrons. The van der Waals surface area contributed by atoms with Gasteiger partial charge in [-0.1, -0.05) is 27.7 Å². The number of nitrogens with zero attached hydrogens (tertiary/aromatic N) is 3. The van der Waals surface area contributed by atoms with Crippen LogP contribution in [0.1, 0.15) is 33.5 Å². The van der Waals surface area contributed by atoms with Crippen molar-refractivity contribution < 1.29 is 4.74 Å². The Morgan fingerprint density at radius 1 is 1.25 bits per heavy atom. The molecule has 1 aromatic rings. The molecule has 0 amide bonds. The molecule has 1 aromatic heterocycles. The normalized spacial score (nSPS) is 11.2. The average molecular weight is 280 g/mol. The Kier molecular flexibility index (Phi) is 7.30. The molecule has 0 saturated heterocycles. The van der Waals surface area contributed by atoms with Gasteiger partial charge in [-0.3, -0.25) is 0 Å². The van der Waals surface area contributed by atoms with Crippen LogP contribution < -0.4 is 10.1 Å². The van der Waals surface area contributed by atoms with Crippen molar-refractivity contribution in [3.05, 3.63) is 11.9 Å². The minimum absolute atomic E-state index is 0.533. The molecule has 5 heteroatoms. The predicted molar refractivity (Wildman–Crippen MR) is 83.4 cm³/mol. The van der Waals surface area contributed by atoms with E-state index < -0.39 is 0 Å². The first kappa shape index (κ1) is 16.7. The Hall–Kier alpha value is -1.36. The first-order valence-corrected chi connectivity index (χ1v) is 7.47. The van der Waals surface area contributed by atoms with Crippen molar-refractivity contribution in [3.63, 3.8) is 0 Å². The standard InChI is InChI=1S/C15H28N4O/c1-6-19(7-2)9-8-16-13-11-15(20-5)18-14(17-13)10-12(3)4/h11-12H,6-10H2,1-5H3,(H,16,17,18). The number of nitrogens with one attached hydrogen (secondary N) is 1. The number of ether oxygens (including phenoxy) is 1.